The van der Waals surface area contributed by atoms with Crippen LogP contribution in [-0.4, -0.2) is 60.4 Å². The van der Waals surface area contributed by atoms with E-state index in [9.17, 15) is 4.79 Å². The van der Waals surface area contributed by atoms with E-state index < -0.39 is 11.6 Å². The molecular weight excluding hydrogens is 566 g/mol. The molecule has 0 unspecified atom stereocenters. The van der Waals surface area contributed by atoms with Crippen molar-refractivity contribution in [1.29, 1.82) is 0 Å². The zero-order valence-electron chi connectivity index (χ0n) is 25.7. The largest absolute Gasteiger partial charge is 0.428 e. The molecule has 0 aliphatic carbocycles. The summed E-state index contributed by atoms with van der Waals surface area (Å²) < 4.78 is 31.9. The molecule has 1 amide bonds. The Bertz CT molecular complexity index is 1790. The first-order chi connectivity index (χ1) is 20.9. The van der Waals surface area contributed by atoms with E-state index in [1.165, 1.54) is 6.07 Å². The lowest BCUT2D eigenvalue weighted by molar-refractivity contribution is -0.121. The van der Waals surface area contributed by atoms with Gasteiger partial charge in [0.15, 0.2) is 11.6 Å². The summed E-state index contributed by atoms with van der Waals surface area (Å²) in [4.78, 5) is 33.6. The van der Waals surface area contributed by atoms with Crippen molar-refractivity contribution < 1.29 is 18.4 Å². The second-order valence-electron chi connectivity index (χ2n) is 12.5. The van der Waals surface area contributed by atoms with Gasteiger partial charge in [-0.2, -0.15) is 5.10 Å². The number of likely N-dealkylation sites (tertiary alicyclic amines) is 1. The Hall–Kier alpha value is -4.45. The number of rotatable bonds is 5. The number of hydrogen-bond acceptors (Lipinski definition) is 8. The quantitative estimate of drug-likeness (QED) is 0.285. The SMILES string of the molecule is C=C(C)c1c2cc(-c3nc(Nc4nc5c(cc4C(C)(C)C)CN(OC(=O)N4CCCC4)CC5)ncc3F)cc(F)c2nn1C. The number of nitrogens with zero attached hydrogens (tertiary/aromatic N) is 7. The van der Waals surface area contributed by atoms with E-state index in [-0.39, 0.29) is 34.2 Å². The summed E-state index contributed by atoms with van der Waals surface area (Å²) in [6.45, 7) is 14.4. The van der Waals surface area contributed by atoms with Crippen LogP contribution in [0, 0.1) is 11.6 Å². The maximum Gasteiger partial charge on any atom is 0.428 e. The molecule has 2 aliphatic rings. The van der Waals surface area contributed by atoms with Gasteiger partial charge in [-0.1, -0.05) is 27.4 Å². The van der Waals surface area contributed by atoms with Gasteiger partial charge >= 0.3 is 6.09 Å². The molecule has 44 heavy (non-hydrogen) atoms. The van der Waals surface area contributed by atoms with E-state index >= 15 is 8.78 Å². The third kappa shape index (κ3) is 5.61. The van der Waals surface area contributed by atoms with Crippen LogP contribution in [0.3, 0.4) is 0 Å². The van der Waals surface area contributed by atoms with E-state index in [4.69, 9.17) is 9.82 Å². The predicted octanol–water partition coefficient (Wildman–Crippen LogP) is 6.28. The molecule has 4 aromatic rings. The maximum absolute atomic E-state index is 15.2. The molecule has 2 aliphatic heterocycles. The molecule has 5 heterocycles. The van der Waals surface area contributed by atoms with E-state index in [0.29, 0.717) is 42.0 Å². The van der Waals surface area contributed by atoms with Crippen LogP contribution in [0.2, 0.25) is 0 Å². The number of aryl methyl sites for hydroxylation is 1. The molecule has 10 nitrogen and oxygen atoms in total. The van der Waals surface area contributed by atoms with Crippen molar-refractivity contribution in [3.05, 3.63) is 65.1 Å². The van der Waals surface area contributed by atoms with Gasteiger partial charge < -0.3 is 15.1 Å². The summed E-state index contributed by atoms with van der Waals surface area (Å²) in [7, 11) is 1.72. The normalized spacial score (nSPS) is 15.5. The number of carbonyl (C=O) groups excluding carboxylic acids is 1. The molecule has 0 radical (unpaired) electrons. The number of hydrogen-bond donors (Lipinski definition) is 1. The number of aromatic nitrogens is 5. The van der Waals surface area contributed by atoms with Crippen molar-refractivity contribution in [2.45, 2.75) is 58.9 Å². The Morgan fingerprint density at radius 1 is 1.07 bits per heavy atom. The van der Waals surface area contributed by atoms with Gasteiger partial charge in [0, 0.05) is 55.3 Å². The molecule has 0 bridgehead atoms. The molecule has 0 saturated carbocycles. The highest BCUT2D eigenvalue weighted by Gasteiger charge is 2.29. The first-order valence-corrected chi connectivity index (χ1v) is 14.8. The highest BCUT2D eigenvalue weighted by Crippen LogP contribution is 2.35. The number of carbonyl (C=O) groups is 1. The molecule has 0 spiro atoms. The molecule has 1 saturated heterocycles. The first kappa shape index (κ1) is 29.6. The molecule has 1 fully saturated rings. The van der Waals surface area contributed by atoms with E-state index in [1.807, 2.05) is 6.92 Å². The number of hydroxylamine groups is 2. The summed E-state index contributed by atoms with van der Waals surface area (Å²) in [5.74, 6) is -0.592. The second-order valence-corrected chi connectivity index (χ2v) is 12.5. The van der Waals surface area contributed by atoms with Gasteiger partial charge in [0.05, 0.1) is 18.4 Å². The number of fused-ring (bicyclic) bond motifs is 2. The van der Waals surface area contributed by atoms with Gasteiger partial charge in [0.2, 0.25) is 5.95 Å². The van der Waals surface area contributed by atoms with Crippen LogP contribution in [0.4, 0.5) is 25.3 Å². The molecule has 0 atom stereocenters. The van der Waals surface area contributed by atoms with Gasteiger partial charge in [0.1, 0.15) is 17.0 Å². The Morgan fingerprint density at radius 2 is 1.82 bits per heavy atom. The number of nitrogens with one attached hydrogen (secondary N) is 1. The van der Waals surface area contributed by atoms with Crippen molar-refractivity contribution in [1.82, 2.24) is 34.7 Å². The molecule has 12 heteroatoms. The number of pyridine rings is 1. The van der Waals surface area contributed by atoms with Gasteiger partial charge in [-0.3, -0.25) is 4.68 Å². The average Bonchev–Trinajstić information content (AvgIpc) is 3.61. The minimum atomic E-state index is -0.687. The van der Waals surface area contributed by atoms with Crippen LogP contribution in [0.15, 0.2) is 31.0 Å². The van der Waals surface area contributed by atoms with E-state index in [0.717, 1.165) is 48.9 Å². The average molecular weight is 603 g/mol. The summed E-state index contributed by atoms with van der Waals surface area (Å²) in [5.41, 5.74) is 4.16. The van der Waals surface area contributed by atoms with Crippen LogP contribution in [-0.2, 0) is 30.3 Å². The van der Waals surface area contributed by atoms with Crippen molar-refractivity contribution in [3.8, 4) is 11.3 Å². The summed E-state index contributed by atoms with van der Waals surface area (Å²) >= 11 is 0. The summed E-state index contributed by atoms with van der Waals surface area (Å²) in [6, 6.07) is 4.97. The minimum absolute atomic E-state index is 0.0504. The fraction of sp³-hybridized carbons (Fsp3) is 0.406. The van der Waals surface area contributed by atoms with Gasteiger partial charge in [-0.25, -0.2) is 28.5 Å². The third-order valence-corrected chi connectivity index (χ3v) is 8.06. The topological polar surface area (TPSA) is 101 Å². The van der Waals surface area contributed by atoms with E-state index in [2.05, 4.69) is 53.8 Å². The van der Waals surface area contributed by atoms with Crippen molar-refractivity contribution in [3.63, 3.8) is 0 Å². The van der Waals surface area contributed by atoms with E-state index in [1.54, 1.807) is 27.8 Å². The second kappa shape index (κ2) is 11.2. The van der Waals surface area contributed by atoms with Crippen LogP contribution >= 0.6 is 0 Å². The van der Waals surface area contributed by atoms with Crippen molar-refractivity contribution >= 4 is 34.3 Å². The third-order valence-electron chi connectivity index (χ3n) is 8.06. The molecular formula is C32H36F2N8O2. The Balaban J connectivity index is 1.31. The zero-order chi connectivity index (χ0) is 31.3. The molecule has 3 aromatic heterocycles. The smallest absolute Gasteiger partial charge is 0.351 e. The lowest BCUT2D eigenvalue weighted by Gasteiger charge is -2.31. The zero-order valence-corrected chi connectivity index (χ0v) is 25.7. The molecule has 230 valence electrons. The van der Waals surface area contributed by atoms with Crippen LogP contribution in [0.5, 0.6) is 0 Å². The number of halogens is 2. The van der Waals surface area contributed by atoms with Gasteiger partial charge in [0.25, 0.3) is 0 Å². The standard InChI is InChI=1S/C32H36F2N8O2/c1-18(2)28-21-13-19(15-23(33)27(21)39-40(28)6)26-24(34)16-35-30(37-26)38-29-22(32(3,4)5)14-20-17-42(12-9-25(20)36-29)44-31(43)41-10-7-8-11-41/h13-16H,1,7-12,17H2,2-6H3,(H,35,36,37,38). The first-order valence-electron chi connectivity index (χ1n) is 14.8. The number of amides is 1. The fourth-order valence-corrected chi connectivity index (χ4v) is 5.89. The number of anilines is 2. The van der Waals surface area contributed by atoms with Gasteiger partial charge in [-0.05, 0) is 54.5 Å². The highest BCUT2D eigenvalue weighted by molar-refractivity contribution is 5.93. The van der Waals surface area contributed by atoms with Crippen LogP contribution in [0.1, 0.15) is 63.1 Å². The predicted molar refractivity (Wildman–Crippen MR) is 164 cm³/mol. The lowest BCUT2D eigenvalue weighted by Crippen LogP contribution is -2.39. The monoisotopic (exact) mass is 602 g/mol. The molecule has 1 aromatic carbocycles. The maximum atomic E-state index is 15.2. The molecule has 1 N–H and O–H groups in total. The minimum Gasteiger partial charge on any atom is -0.351 e. The Morgan fingerprint density at radius 3 is 2.52 bits per heavy atom. The Kier molecular flexibility index (Phi) is 7.56. The fourth-order valence-electron chi connectivity index (χ4n) is 5.89. The lowest BCUT2D eigenvalue weighted by atomic mass is 9.85. The van der Waals surface area contributed by atoms with Crippen LogP contribution in [0.25, 0.3) is 27.7 Å². The summed E-state index contributed by atoms with van der Waals surface area (Å²) in [5, 5.41) is 9.69. The number of allylic oxidation sites excluding steroid dienone is 1. The highest BCUT2D eigenvalue weighted by atomic mass is 19.1. The van der Waals surface area contributed by atoms with Crippen molar-refractivity contribution in [2.24, 2.45) is 7.05 Å². The Labute approximate surface area is 254 Å². The van der Waals surface area contributed by atoms with Crippen molar-refractivity contribution in [2.75, 3.05) is 25.0 Å². The molecule has 6 rings (SSSR count). The van der Waals surface area contributed by atoms with Gasteiger partial charge in [-0.15, -0.1) is 5.06 Å². The number of benzene rings is 1. The van der Waals surface area contributed by atoms with Crippen LogP contribution < -0.4 is 5.32 Å². The summed E-state index contributed by atoms with van der Waals surface area (Å²) in [6.07, 6.45) is 3.33.